The van der Waals surface area contributed by atoms with Gasteiger partial charge in [-0.25, -0.2) is 0 Å². The third-order valence-electron chi connectivity index (χ3n) is 7.67. The van der Waals surface area contributed by atoms with Crippen LogP contribution in [0.1, 0.15) is 47.0 Å². The molecule has 0 aromatic rings. The SMILES string of the molecule is COC(=O)CC/C=C/C[C@H](O[C@@H]1O[C@@H](C)[C@H](OC)[C@@H](OC)[C@H]1OC)[C@@H](/C=C(Br)/C=C/C=C/CO)O[Si](C)(C)C(C)(C)C. The van der Waals surface area contributed by atoms with Gasteiger partial charge in [0, 0.05) is 32.2 Å². The van der Waals surface area contributed by atoms with Gasteiger partial charge in [0.05, 0.1) is 32.0 Å². The standard InChI is InChI=1S/C31H53BrO9Si/c1-22-27(36-6)28(37-7)29(38-8)30(39-22)40-24(18-14-11-15-19-26(34)35-5)25(41-42(9,10)31(2,3)4)21-23(32)17-13-12-16-20-33/h11-14,16-17,21-22,24-25,27-30,33H,15,18-20H2,1-10H3/b14-11+,16-12+,17-13+,23-21-/t22-,24-,25+,27-,28+,29+,30-/m0/s1. The van der Waals surface area contributed by atoms with Crippen LogP contribution in [0.3, 0.4) is 0 Å². The molecule has 42 heavy (non-hydrogen) atoms. The lowest BCUT2D eigenvalue weighted by Crippen LogP contribution is -2.60. The molecule has 1 heterocycles. The summed E-state index contributed by atoms with van der Waals surface area (Å²) in [7, 11) is 3.96. The van der Waals surface area contributed by atoms with Crippen molar-refractivity contribution in [1.82, 2.24) is 0 Å². The van der Waals surface area contributed by atoms with Crippen LogP contribution in [0.4, 0.5) is 0 Å². The summed E-state index contributed by atoms with van der Waals surface area (Å²) >= 11 is 3.67. The minimum atomic E-state index is -2.28. The molecular weight excluding hydrogens is 624 g/mol. The van der Waals surface area contributed by atoms with E-state index in [1.165, 1.54) is 7.11 Å². The summed E-state index contributed by atoms with van der Waals surface area (Å²) in [6.07, 6.45) is 11.1. The highest BCUT2D eigenvalue weighted by atomic mass is 79.9. The van der Waals surface area contributed by atoms with Crippen molar-refractivity contribution in [2.24, 2.45) is 0 Å². The zero-order valence-corrected chi connectivity index (χ0v) is 29.6. The molecule has 0 unspecified atom stereocenters. The van der Waals surface area contributed by atoms with E-state index in [9.17, 15) is 4.79 Å². The lowest BCUT2D eigenvalue weighted by molar-refractivity contribution is -0.318. The maximum Gasteiger partial charge on any atom is 0.305 e. The quantitative estimate of drug-likeness (QED) is 0.0882. The molecule has 0 aromatic carbocycles. The second kappa shape index (κ2) is 19.3. The molecular formula is C31H53BrO9Si. The van der Waals surface area contributed by atoms with Gasteiger partial charge in [0.15, 0.2) is 14.6 Å². The maximum atomic E-state index is 11.6. The predicted molar refractivity (Wildman–Crippen MR) is 171 cm³/mol. The number of hydrogen-bond donors (Lipinski definition) is 1. The minimum Gasteiger partial charge on any atom is -0.469 e. The lowest BCUT2D eigenvalue weighted by atomic mass is 9.99. The number of halogens is 1. The van der Waals surface area contributed by atoms with Gasteiger partial charge in [-0.05, 0) is 50.0 Å². The average molecular weight is 678 g/mol. The fraction of sp³-hybridized carbons (Fsp3) is 0.710. The third kappa shape index (κ3) is 12.5. The average Bonchev–Trinajstić information content (AvgIpc) is 2.92. The van der Waals surface area contributed by atoms with Gasteiger partial charge < -0.3 is 38.0 Å². The Morgan fingerprint density at radius 1 is 1.00 bits per heavy atom. The molecule has 0 bridgehead atoms. The molecule has 1 fully saturated rings. The van der Waals surface area contributed by atoms with Crippen LogP contribution in [-0.4, -0.2) is 97.4 Å². The van der Waals surface area contributed by atoms with Crippen molar-refractivity contribution >= 4 is 30.2 Å². The first-order valence-electron chi connectivity index (χ1n) is 14.4. The van der Waals surface area contributed by atoms with Crippen molar-refractivity contribution in [3.05, 3.63) is 47.0 Å². The Labute approximate surface area is 262 Å². The molecule has 7 atom stereocenters. The van der Waals surface area contributed by atoms with E-state index < -0.39 is 39.0 Å². The topological polar surface area (TPSA) is 102 Å². The summed E-state index contributed by atoms with van der Waals surface area (Å²) in [6.45, 7) is 12.9. The minimum absolute atomic E-state index is 0.0338. The van der Waals surface area contributed by atoms with Crippen LogP contribution in [0.25, 0.3) is 0 Å². The monoisotopic (exact) mass is 676 g/mol. The predicted octanol–water partition coefficient (Wildman–Crippen LogP) is 5.83. The molecule has 0 saturated carbocycles. The van der Waals surface area contributed by atoms with E-state index in [0.717, 1.165) is 4.48 Å². The summed E-state index contributed by atoms with van der Waals surface area (Å²) in [5.41, 5.74) is 0. The Hall–Kier alpha value is -1.15. The smallest absolute Gasteiger partial charge is 0.305 e. The fourth-order valence-electron chi connectivity index (χ4n) is 4.25. The van der Waals surface area contributed by atoms with Crippen molar-refractivity contribution in [3.8, 4) is 0 Å². The largest absolute Gasteiger partial charge is 0.469 e. The molecule has 1 saturated heterocycles. The van der Waals surface area contributed by atoms with Crippen LogP contribution in [0, 0.1) is 0 Å². The van der Waals surface area contributed by atoms with Crippen molar-refractivity contribution in [2.75, 3.05) is 35.0 Å². The van der Waals surface area contributed by atoms with E-state index in [4.69, 9.17) is 38.0 Å². The van der Waals surface area contributed by atoms with Crippen LogP contribution >= 0.6 is 15.9 Å². The molecule has 1 N–H and O–H groups in total. The summed E-state index contributed by atoms with van der Waals surface area (Å²) in [5.74, 6) is -0.258. The van der Waals surface area contributed by atoms with Gasteiger partial charge in [0.25, 0.3) is 0 Å². The fourth-order valence-corrected chi connectivity index (χ4v) is 5.92. The van der Waals surface area contributed by atoms with E-state index in [1.807, 2.05) is 37.3 Å². The number of aliphatic hydroxyl groups excluding tert-OH is 1. The van der Waals surface area contributed by atoms with Gasteiger partial charge in [-0.2, -0.15) is 0 Å². The molecule has 1 aliphatic rings. The molecule has 0 aliphatic carbocycles. The number of rotatable bonds is 17. The number of ether oxygens (including phenoxy) is 6. The van der Waals surface area contributed by atoms with Gasteiger partial charge >= 0.3 is 5.97 Å². The summed E-state index contributed by atoms with van der Waals surface area (Å²) < 4.78 is 42.9. The highest BCUT2D eigenvalue weighted by Crippen LogP contribution is 2.39. The molecule has 9 nitrogen and oxygen atoms in total. The molecule has 0 radical (unpaired) electrons. The van der Waals surface area contributed by atoms with E-state index in [-0.39, 0.29) is 29.8 Å². The Bertz CT molecular complexity index is 913. The molecule has 0 amide bonds. The zero-order valence-electron chi connectivity index (χ0n) is 27.0. The Morgan fingerprint density at radius 2 is 1.64 bits per heavy atom. The Morgan fingerprint density at radius 3 is 2.19 bits per heavy atom. The first-order valence-corrected chi connectivity index (χ1v) is 18.1. The van der Waals surface area contributed by atoms with Crippen LogP contribution in [-0.2, 0) is 37.6 Å². The van der Waals surface area contributed by atoms with Crippen LogP contribution in [0.5, 0.6) is 0 Å². The van der Waals surface area contributed by atoms with E-state index in [0.29, 0.717) is 19.3 Å². The second-order valence-electron chi connectivity index (χ2n) is 11.7. The molecule has 0 spiro atoms. The van der Waals surface area contributed by atoms with Crippen LogP contribution in [0.15, 0.2) is 47.0 Å². The van der Waals surface area contributed by atoms with Crippen molar-refractivity contribution in [1.29, 1.82) is 0 Å². The van der Waals surface area contributed by atoms with Crippen LogP contribution < -0.4 is 0 Å². The van der Waals surface area contributed by atoms with Gasteiger partial charge in [-0.15, -0.1) is 0 Å². The third-order valence-corrected chi connectivity index (χ3v) is 12.7. The first-order chi connectivity index (χ1) is 19.8. The summed E-state index contributed by atoms with van der Waals surface area (Å²) in [6, 6.07) is 0. The van der Waals surface area contributed by atoms with Gasteiger partial charge in [0.2, 0.25) is 0 Å². The first kappa shape index (κ1) is 38.9. The zero-order chi connectivity index (χ0) is 31.9. The Kier molecular flexibility index (Phi) is 17.8. The van der Waals surface area contributed by atoms with E-state index >= 15 is 0 Å². The summed E-state index contributed by atoms with van der Waals surface area (Å²) in [5, 5.41) is 9.00. The van der Waals surface area contributed by atoms with Gasteiger partial charge in [-0.3, -0.25) is 4.79 Å². The molecule has 1 aliphatic heterocycles. The molecule has 242 valence electrons. The number of aliphatic hydroxyl groups is 1. The van der Waals surface area contributed by atoms with Gasteiger partial charge in [-0.1, -0.05) is 67.1 Å². The highest BCUT2D eigenvalue weighted by Gasteiger charge is 2.48. The number of carbonyl (C=O) groups excluding carboxylic acids is 1. The molecule has 1 rings (SSSR count). The van der Waals surface area contributed by atoms with Gasteiger partial charge in [0.1, 0.15) is 18.3 Å². The lowest BCUT2D eigenvalue weighted by Gasteiger charge is -2.46. The maximum absolute atomic E-state index is 11.6. The summed E-state index contributed by atoms with van der Waals surface area (Å²) in [4.78, 5) is 11.6. The van der Waals surface area contributed by atoms with Crippen molar-refractivity contribution in [2.45, 2.75) is 108 Å². The van der Waals surface area contributed by atoms with Crippen molar-refractivity contribution < 1.29 is 42.7 Å². The highest BCUT2D eigenvalue weighted by molar-refractivity contribution is 9.11. The van der Waals surface area contributed by atoms with E-state index in [2.05, 4.69) is 49.8 Å². The number of methoxy groups -OCH3 is 4. The van der Waals surface area contributed by atoms with Crippen molar-refractivity contribution in [3.63, 3.8) is 0 Å². The van der Waals surface area contributed by atoms with E-state index in [1.54, 1.807) is 33.5 Å². The molecule has 11 heteroatoms. The van der Waals surface area contributed by atoms with Crippen LogP contribution in [0.2, 0.25) is 18.1 Å². The second-order valence-corrected chi connectivity index (χ2v) is 17.3. The number of hydrogen-bond acceptors (Lipinski definition) is 9. The Balaban J connectivity index is 3.51. The number of allylic oxidation sites excluding steroid dienone is 5. The number of esters is 1. The number of carbonyl (C=O) groups is 1. The molecule has 0 aromatic heterocycles. The normalized spacial score (nSPS) is 25.9.